The lowest BCUT2D eigenvalue weighted by atomic mass is 9.88. The maximum atomic E-state index is 6.24. The van der Waals surface area contributed by atoms with Gasteiger partial charge in [-0.2, -0.15) is 0 Å². The Hall–Kier alpha value is -1.22. The predicted molar refractivity (Wildman–Crippen MR) is 94.4 cm³/mol. The van der Waals surface area contributed by atoms with E-state index in [-0.39, 0.29) is 18.5 Å². The van der Waals surface area contributed by atoms with Crippen LogP contribution in [0.5, 0.6) is 5.75 Å². The average Bonchev–Trinajstić information content (AvgIpc) is 2.50. The van der Waals surface area contributed by atoms with Crippen molar-refractivity contribution in [3.63, 3.8) is 0 Å². The van der Waals surface area contributed by atoms with Crippen LogP contribution in [0.1, 0.15) is 17.9 Å². The first kappa shape index (κ1) is 17.1. The summed E-state index contributed by atoms with van der Waals surface area (Å²) in [5.74, 6) is 1.25. The van der Waals surface area contributed by atoms with Crippen LogP contribution in [0.15, 0.2) is 54.6 Å². The number of likely N-dealkylation sites (N-methyl/N-ethyl adjacent to an activating group) is 1. The molecule has 2 aromatic rings. The molecule has 0 amide bonds. The van der Waals surface area contributed by atoms with Crippen LogP contribution < -0.4 is 4.74 Å². The first-order valence-corrected chi connectivity index (χ1v) is 7.76. The molecule has 2 aromatic carbocycles. The summed E-state index contributed by atoms with van der Waals surface area (Å²) in [5.41, 5.74) is 1.34. The molecule has 0 aromatic heterocycles. The highest BCUT2D eigenvalue weighted by atomic mass is 35.5. The highest BCUT2D eigenvalue weighted by Crippen LogP contribution is 2.31. The van der Waals surface area contributed by atoms with Crippen LogP contribution in [-0.2, 0) is 0 Å². The molecule has 22 heavy (non-hydrogen) atoms. The van der Waals surface area contributed by atoms with Gasteiger partial charge in [0.2, 0.25) is 0 Å². The summed E-state index contributed by atoms with van der Waals surface area (Å²) in [5, 5.41) is 0.719. The lowest BCUT2D eigenvalue weighted by Gasteiger charge is -2.37. The number of hydrogen-bond donors (Lipinski definition) is 0. The molecule has 2 atom stereocenters. The zero-order valence-electron chi connectivity index (χ0n) is 12.6. The summed E-state index contributed by atoms with van der Waals surface area (Å²) in [6, 6.07) is 18.3. The van der Waals surface area contributed by atoms with Gasteiger partial charge in [0.05, 0.1) is 0 Å². The Morgan fingerprint density at radius 2 is 1.86 bits per heavy atom. The largest absolute Gasteiger partial charge is 0.490 e. The smallest absolute Gasteiger partial charge is 0.121 e. The highest BCUT2D eigenvalue weighted by Gasteiger charge is 2.30. The summed E-state index contributed by atoms with van der Waals surface area (Å²) < 4.78 is 6.24. The van der Waals surface area contributed by atoms with Crippen molar-refractivity contribution in [1.29, 1.82) is 0 Å². The number of rotatable bonds is 3. The Morgan fingerprint density at radius 3 is 2.59 bits per heavy atom. The minimum atomic E-state index is 0. The van der Waals surface area contributed by atoms with Gasteiger partial charge in [-0.15, -0.1) is 12.4 Å². The summed E-state index contributed by atoms with van der Waals surface area (Å²) in [4.78, 5) is 2.37. The number of hydrogen-bond acceptors (Lipinski definition) is 2. The number of piperidine rings is 1. The molecule has 2 nitrogen and oxygen atoms in total. The number of ether oxygens (including phenoxy) is 1. The van der Waals surface area contributed by atoms with Gasteiger partial charge in [0.1, 0.15) is 11.9 Å². The number of halogens is 2. The molecule has 1 aliphatic rings. The predicted octanol–water partition coefficient (Wildman–Crippen LogP) is 4.63. The van der Waals surface area contributed by atoms with E-state index < -0.39 is 0 Å². The van der Waals surface area contributed by atoms with Crippen molar-refractivity contribution in [2.75, 3.05) is 20.1 Å². The van der Waals surface area contributed by atoms with Crippen molar-refractivity contribution in [3.8, 4) is 5.75 Å². The van der Waals surface area contributed by atoms with Crippen molar-refractivity contribution in [1.82, 2.24) is 4.90 Å². The number of nitrogens with zero attached hydrogens (tertiary/aromatic N) is 1. The number of likely N-dealkylation sites (tertiary alicyclic amines) is 1. The summed E-state index contributed by atoms with van der Waals surface area (Å²) in [7, 11) is 2.17. The first-order valence-electron chi connectivity index (χ1n) is 7.38. The van der Waals surface area contributed by atoms with E-state index in [1.807, 2.05) is 24.3 Å². The third-order valence-electron chi connectivity index (χ3n) is 4.06. The fourth-order valence-electron chi connectivity index (χ4n) is 2.97. The maximum Gasteiger partial charge on any atom is 0.121 e. The third-order valence-corrected chi connectivity index (χ3v) is 4.30. The van der Waals surface area contributed by atoms with Gasteiger partial charge in [-0.3, -0.25) is 0 Å². The molecular weight excluding hydrogens is 317 g/mol. The second-order valence-corrected chi connectivity index (χ2v) is 6.12. The van der Waals surface area contributed by atoms with Crippen molar-refractivity contribution in [2.24, 2.45) is 0 Å². The van der Waals surface area contributed by atoms with Crippen molar-refractivity contribution in [3.05, 3.63) is 65.2 Å². The fraction of sp³-hybridized carbons (Fsp3) is 0.333. The molecule has 1 aliphatic heterocycles. The van der Waals surface area contributed by atoms with E-state index >= 15 is 0 Å². The van der Waals surface area contributed by atoms with Crippen molar-refractivity contribution >= 4 is 24.0 Å². The van der Waals surface area contributed by atoms with Crippen LogP contribution in [-0.4, -0.2) is 31.1 Å². The summed E-state index contributed by atoms with van der Waals surface area (Å²) >= 11 is 6.05. The monoisotopic (exact) mass is 337 g/mol. The van der Waals surface area contributed by atoms with Gasteiger partial charge in [-0.25, -0.2) is 0 Å². The van der Waals surface area contributed by atoms with E-state index in [9.17, 15) is 0 Å². The highest BCUT2D eigenvalue weighted by molar-refractivity contribution is 6.30. The summed E-state index contributed by atoms with van der Waals surface area (Å²) in [6.07, 6.45) is 1.23. The molecule has 0 radical (unpaired) electrons. The first-order chi connectivity index (χ1) is 10.2. The Morgan fingerprint density at radius 1 is 1.09 bits per heavy atom. The zero-order valence-corrected chi connectivity index (χ0v) is 14.2. The normalized spacial score (nSPS) is 21.9. The van der Waals surface area contributed by atoms with Gasteiger partial charge in [0.25, 0.3) is 0 Å². The Labute approximate surface area is 143 Å². The lowest BCUT2D eigenvalue weighted by molar-refractivity contribution is 0.0902. The van der Waals surface area contributed by atoms with E-state index in [0.29, 0.717) is 5.92 Å². The average molecular weight is 338 g/mol. The molecule has 1 heterocycles. The van der Waals surface area contributed by atoms with Gasteiger partial charge in [0.15, 0.2) is 0 Å². The minimum absolute atomic E-state index is 0. The molecule has 118 valence electrons. The third kappa shape index (κ3) is 4.16. The van der Waals surface area contributed by atoms with Gasteiger partial charge in [-0.05, 0) is 37.2 Å². The molecule has 1 fully saturated rings. The van der Waals surface area contributed by atoms with Crippen LogP contribution in [0.2, 0.25) is 5.02 Å². The zero-order chi connectivity index (χ0) is 14.7. The maximum absolute atomic E-state index is 6.24. The Balaban J connectivity index is 0.00000176. The quantitative estimate of drug-likeness (QED) is 0.809. The van der Waals surface area contributed by atoms with E-state index in [1.165, 1.54) is 5.56 Å². The number of benzene rings is 2. The molecule has 4 heteroatoms. The van der Waals surface area contributed by atoms with E-state index in [2.05, 4.69) is 42.3 Å². The van der Waals surface area contributed by atoms with Gasteiger partial charge < -0.3 is 9.64 Å². The second-order valence-electron chi connectivity index (χ2n) is 5.68. The van der Waals surface area contributed by atoms with Gasteiger partial charge in [0, 0.05) is 24.0 Å². The molecule has 3 rings (SSSR count). The molecular formula is C18H21Cl2NO. The Bertz CT molecular complexity index is 591. The van der Waals surface area contributed by atoms with Crippen LogP contribution in [0.4, 0.5) is 0 Å². The second kappa shape index (κ2) is 7.87. The molecule has 0 saturated carbocycles. The fourth-order valence-corrected chi connectivity index (χ4v) is 3.15. The molecule has 0 N–H and O–H groups in total. The lowest BCUT2D eigenvalue weighted by Crippen LogP contribution is -2.42. The van der Waals surface area contributed by atoms with Crippen LogP contribution in [0, 0.1) is 0 Å². The van der Waals surface area contributed by atoms with Crippen molar-refractivity contribution < 1.29 is 4.74 Å². The van der Waals surface area contributed by atoms with Crippen molar-refractivity contribution in [2.45, 2.75) is 18.4 Å². The Kier molecular flexibility index (Phi) is 6.13. The minimum Gasteiger partial charge on any atom is -0.490 e. The molecule has 0 bridgehead atoms. The van der Waals surface area contributed by atoms with Crippen LogP contribution in [0.3, 0.4) is 0 Å². The topological polar surface area (TPSA) is 12.5 Å². The van der Waals surface area contributed by atoms with E-state index in [1.54, 1.807) is 0 Å². The van der Waals surface area contributed by atoms with E-state index in [0.717, 1.165) is 30.3 Å². The SMILES string of the molecule is CN1CC[C@@H](Oc2cccc(Cl)c2)[C@@H](c2ccccc2)C1.Cl. The van der Waals surface area contributed by atoms with Gasteiger partial charge >= 0.3 is 0 Å². The van der Waals surface area contributed by atoms with Crippen LogP contribution >= 0.6 is 24.0 Å². The molecule has 0 spiro atoms. The summed E-state index contributed by atoms with van der Waals surface area (Å²) in [6.45, 7) is 2.09. The molecule has 1 saturated heterocycles. The standard InChI is InChI=1S/C18H20ClNO.ClH/c1-20-11-10-18(21-16-9-5-8-15(19)12-16)17(13-20)14-6-3-2-4-7-14;/h2-9,12,17-18H,10-11,13H2,1H3;1H/t17-,18-;/m1./s1. The van der Waals surface area contributed by atoms with Gasteiger partial charge in [-0.1, -0.05) is 48.0 Å². The van der Waals surface area contributed by atoms with Crippen LogP contribution in [0.25, 0.3) is 0 Å². The molecule has 0 aliphatic carbocycles. The van der Waals surface area contributed by atoms with E-state index in [4.69, 9.17) is 16.3 Å². The molecule has 0 unspecified atom stereocenters.